The Morgan fingerprint density at radius 3 is 2.69 bits per heavy atom. The number of ether oxygens (including phenoxy) is 1. The topological polar surface area (TPSA) is 9.23 Å². The lowest BCUT2D eigenvalue weighted by molar-refractivity contribution is 0.00396. The molecule has 0 N–H and O–H groups in total. The van der Waals surface area contributed by atoms with Crippen LogP contribution in [0, 0.1) is 0 Å². The first-order valence-electron chi connectivity index (χ1n) is 5.72. The van der Waals surface area contributed by atoms with Crippen molar-refractivity contribution in [2.24, 2.45) is 0 Å². The standard InChI is InChI=1S/C14H19OSi/c1-4-5-8-11(2)15-12(3)13-9-6-7-10-14(13)16/h4,6-7,9-12H,1,5,8H2,2-3H3. The zero-order valence-corrected chi connectivity index (χ0v) is 11.1. The van der Waals surface area contributed by atoms with Crippen LogP contribution >= 0.6 is 0 Å². The van der Waals surface area contributed by atoms with Crippen LogP contribution in [-0.4, -0.2) is 16.3 Å². The van der Waals surface area contributed by atoms with Gasteiger partial charge in [-0.3, -0.25) is 0 Å². The highest BCUT2D eigenvalue weighted by molar-refractivity contribution is 6.33. The highest BCUT2D eigenvalue weighted by Crippen LogP contribution is 2.18. The van der Waals surface area contributed by atoms with Crippen LogP contribution < -0.4 is 5.19 Å². The first kappa shape index (κ1) is 13.2. The van der Waals surface area contributed by atoms with Gasteiger partial charge in [0.05, 0.1) is 22.5 Å². The average Bonchev–Trinajstić information content (AvgIpc) is 2.26. The van der Waals surface area contributed by atoms with E-state index in [0.29, 0.717) is 0 Å². The molecule has 1 nitrogen and oxygen atoms in total. The van der Waals surface area contributed by atoms with E-state index in [1.807, 2.05) is 24.3 Å². The lowest BCUT2D eigenvalue weighted by Crippen LogP contribution is -2.18. The van der Waals surface area contributed by atoms with Crippen molar-refractivity contribution in [2.75, 3.05) is 0 Å². The average molecular weight is 231 g/mol. The zero-order chi connectivity index (χ0) is 12.0. The summed E-state index contributed by atoms with van der Waals surface area (Å²) in [7, 11) is 3.60. The number of rotatable bonds is 6. The molecule has 16 heavy (non-hydrogen) atoms. The molecular weight excluding hydrogens is 212 g/mol. The summed E-state index contributed by atoms with van der Waals surface area (Å²) >= 11 is 0. The van der Waals surface area contributed by atoms with Crippen LogP contribution in [0.15, 0.2) is 36.9 Å². The molecule has 0 aromatic heterocycles. The fourth-order valence-electron chi connectivity index (χ4n) is 1.69. The molecule has 2 heteroatoms. The molecule has 0 saturated carbocycles. The van der Waals surface area contributed by atoms with Crippen LogP contribution in [0.1, 0.15) is 38.4 Å². The molecular formula is C14H19OSi. The zero-order valence-electron chi connectivity index (χ0n) is 10.1. The molecule has 1 aromatic carbocycles. The molecule has 1 aromatic rings. The highest BCUT2D eigenvalue weighted by Gasteiger charge is 2.11. The van der Waals surface area contributed by atoms with Gasteiger partial charge in [0.15, 0.2) is 0 Å². The number of hydrogen-bond acceptors (Lipinski definition) is 1. The molecule has 2 atom stereocenters. The minimum absolute atomic E-state index is 0.119. The number of hydrogen-bond donors (Lipinski definition) is 0. The van der Waals surface area contributed by atoms with Crippen LogP contribution in [-0.2, 0) is 4.74 Å². The summed E-state index contributed by atoms with van der Waals surface area (Å²) in [6.45, 7) is 7.91. The van der Waals surface area contributed by atoms with Gasteiger partial charge in [0.2, 0.25) is 0 Å². The van der Waals surface area contributed by atoms with Gasteiger partial charge in [-0.05, 0) is 32.3 Å². The van der Waals surface area contributed by atoms with Gasteiger partial charge in [0.1, 0.15) is 0 Å². The summed E-state index contributed by atoms with van der Waals surface area (Å²) in [6.07, 6.45) is 4.34. The molecule has 0 aliphatic heterocycles. The predicted molar refractivity (Wildman–Crippen MR) is 70.2 cm³/mol. The molecule has 0 fully saturated rings. The molecule has 85 valence electrons. The van der Waals surface area contributed by atoms with Gasteiger partial charge in [-0.2, -0.15) is 0 Å². The minimum atomic E-state index is 0.119. The molecule has 0 bridgehead atoms. The van der Waals surface area contributed by atoms with E-state index >= 15 is 0 Å². The Kier molecular flexibility index (Phi) is 5.50. The van der Waals surface area contributed by atoms with Gasteiger partial charge in [-0.25, -0.2) is 0 Å². The maximum Gasteiger partial charge on any atom is 0.0799 e. The van der Waals surface area contributed by atoms with Gasteiger partial charge in [-0.1, -0.05) is 35.5 Å². The van der Waals surface area contributed by atoms with Gasteiger partial charge >= 0.3 is 0 Å². The lowest BCUT2D eigenvalue weighted by Gasteiger charge is -2.20. The summed E-state index contributed by atoms with van der Waals surface area (Å²) in [5.74, 6) is 0. The summed E-state index contributed by atoms with van der Waals surface area (Å²) in [5.41, 5.74) is 1.20. The van der Waals surface area contributed by atoms with Crippen LogP contribution in [0.25, 0.3) is 0 Å². The Hall–Kier alpha value is -0.863. The van der Waals surface area contributed by atoms with E-state index < -0.39 is 0 Å². The number of benzene rings is 1. The van der Waals surface area contributed by atoms with Crippen molar-refractivity contribution in [1.29, 1.82) is 0 Å². The normalized spacial score (nSPS) is 14.4. The lowest BCUT2D eigenvalue weighted by atomic mass is 10.1. The Morgan fingerprint density at radius 2 is 2.06 bits per heavy atom. The second kappa shape index (κ2) is 6.66. The smallest absolute Gasteiger partial charge is 0.0799 e. The Morgan fingerprint density at radius 1 is 1.38 bits per heavy atom. The van der Waals surface area contributed by atoms with Crippen molar-refractivity contribution in [2.45, 2.75) is 38.9 Å². The van der Waals surface area contributed by atoms with Crippen molar-refractivity contribution < 1.29 is 4.74 Å². The maximum absolute atomic E-state index is 5.94. The van der Waals surface area contributed by atoms with Gasteiger partial charge in [0.25, 0.3) is 0 Å². The van der Waals surface area contributed by atoms with Crippen LogP contribution in [0.2, 0.25) is 0 Å². The molecule has 0 aliphatic carbocycles. The van der Waals surface area contributed by atoms with Gasteiger partial charge < -0.3 is 4.74 Å². The molecule has 3 radical (unpaired) electrons. The summed E-state index contributed by atoms with van der Waals surface area (Å²) in [6, 6.07) is 8.18. The monoisotopic (exact) mass is 231 g/mol. The summed E-state index contributed by atoms with van der Waals surface area (Å²) < 4.78 is 5.94. The maximum atomic E-state index is 5.94. The molecule has 0 spiro atoms. The van der Waals surface area contributed by atoms with E-state index in [0.717, 1.165) is 18.0 Å². The van der Waals surface area contributed by atoms with Crippen LogP contribution in [0.5, 0.6) is 0 Å². The van der Waals surface area contributed by atoms with Crippen molar-refractivity contribution in [3.05, 3.63) is 42.5 Å². The third-order valence-corrected chi connectivity index (χ3v) is 3.07. The Bertz CT molecular complexity index is 335. The van der Waals surface area contributed by atoms with E-state index in [1.165, 1.54) is 5.56 Å². The summed E-state index contributed by atoms with van der Waals surface area (Å²) in [4.78, 5) is 0. The Balaban J connectivity index is 2.55. The Labute approximate surface area is 102 Å². The van der Waals surface area contributed by atoms with Crippen molar-refractivity contribution >= 4 is 15.4 Å². The summed E-state index contributed by atoms with van der Waals surface area (Å²) in [5, 5.41) is 1.10. The van der Waals surface area contributed by atoms with Crippen molar-refractivity contribution in [3.8, 4) is 0 Å². The van der Waals surface area contributed by atoms with Crippen molar-refractivity contribution in [3.63, 3.8) is 0 Å². The molecule has 0 amide bonds. The highest BCUT2D eigenvalue weighted by atomic mass is 28.1. The second-order valence-electron chi connectivity index (χ2n) is 4.04. The minimum Gasteiger partial charge on any atom is -0.371 e. The molecule has 1 rings (SSSR count). The van der Waals surface area contributed by atoms with E-state index in [9.17, 15) is 0 Å². The quantitative estimate of drug-likeness (QED) is 0.540. The fourth-order valence-corrected chi connectivity index (χ4v) is 2.08. The van der Waals surface area contributed by atoms with Gasteiger partial charge in [0, 0.05) is 0 Å². The van der Waals surface area contributed by atoms with Crippen LogP contribution in [0.4, 0.5) is 0 Å². The van der Waals surface area contributed by atoms with E-state index in [1.54, 1.807) is 0 Å². The third-order valence-electron chi connectivity index (χ3n) is 2.61. The number of allylic oxidation sites excluding steroid dienone is 1. The van der Waals surface area contributed by atoms with E-state index in [2.05, 4.69) is 36.7 Å². The second-order valence-corrected chi connectivity index (χ2v) is 4.58. The first-order chi connectivity index (χ1) is 7.65. The largest absolute Gasteiger partial charge is 0.371 e. The van der Waals surface area contributed by atoms with Gasteiger partial charge in [-0.15, -0.1) is 6.58 Å². The van der Waals surface area contributed by atoms with Crippen LogP contribution in [0.3, 0.4) is 0 Å². The predicted octanol–water partition coefficient (Wildman–Crippen LogP) is 2.91. The SMILES string of the molecule is C=CCCC(C)OC(C)c1ccccc1[Si]. The van der Waals surface area contributed by atoms with E-state index in [-0.39, 0.29) is 12.2 Å². The molecule has 2 unspecified atom stereocenters. The fraction of sp³-hybridized carbons (Fsp3) is 0.429. The van der Waals surface area contributed by atoms with E-state index in [4.69, 9.17) is 4.74 Å². The molecule has 0 aliphatic rings. The molecule has 0 saturated heterocycles. The first-order valence-corrected chi connectivity index (χ1v) is 6.22. The molecule has 0 heterocycles. The van der Waals surface area contributed by atoms with Crippen molar-refractivity contribution in [1.82, 2.24) is 0 Å². The third kappa shape index (κ3) is 3.95.